The number of amides is 3. The zero-order valence-corrected chi connectivity index (χ0v) is 21.4. The van der Waals surface area contributed by atoms with Crippen molar-refractivity contribution in [2.45, 2.75) is 37.3 Å². The largest absolute Gasteiger partial charge is 0.336 e. The molecule has 33 heavy (non-hydrogen) atoms. The second-order valence-electron chi connectivity index (χ2n) is 8.17. The summed E-state index contributed by atoms with van der Waals surface area (Å²) in [6, 6.07) is 0. The number of hydrogen-bond donors (Lipinski definition) is 1. The Hall–Kier alpha value is -1.90. The van der Waals surface area contributed by atoms with Gasteiger partial charge in [-0.1, -0.05) is 43.1 Å². The lowest BCUT2D eigenvalue weighted by Crippen LogP contribution is -2.50. The van der Waals surface area contributed by atoms with E-state index in [1.54, 1.807) is 21.6 Å². The number of allylic oxidation sites excluding steroid dienone is 2. The fourth-order valence-corrected chi connectivity index (χ4v) is 6.17. The molecular weight excluding hydrogens is 478 g/mol. The van der Waals surface area contributed by atoms with Crippen LogP contribution in [0.5, 0.6) is 0 Å². The molecule has 6 nitrogen and oxygen atoms in total. The molecule has 1 saturated heterocycles. The number of carbonyl (C=O) groups is 3. The number of alkyl halides is 1. The van der Waals surface area contributed by atoms with Gasteiger partial charge in [-0.25, -0.2) is 0 Å². The van der Waals surface area contributed by atoms with Crippen molar-refractivity contribution >= 4 is 52.8 Å². The Bertz CT molecular complexity index is 931. The maximum Gasteiger partial charge on any atom is 0.253 e. The molecule has 1 heterocycles. The van der Waals surface area contributed by atoms with Crippen LogP contribution >= 0.6 is 35.1 Å². The summed E-state index contributed by atoms with van der Waals surface area (Å²) in [5.41, 5.74) is 1.51. The van der Waals surface area contributed by atoms with Crippen LogP contribution in [0.4, 0.5) is 0 Å². The molecule has 0 aromatic carbocycles. The van der Waals surface area contributed by atoms with E-state index in [1.165, 1.54) is 17.8 Å². The van der Waals surface area contributed by atoms with Gasteiger partial charge in [-0.05, 0) is 38.3 Å². The molecule has 1 saturated carbocycles. The monoisotopic (exact) mass is 507 g/mol. The maximum atomic E-state index is 13.2. The van der Waals surface area contributed by atoms with Gasteiger partial charge in [0.05, 0.1) is 10.4 Å². The molecule has 3 amide bonds. The molecule has 0 aromatic rings. The second kappa shape index (κ2) is 11.5. The van der Waals surface area contributed by atoms with Crippen LogP contribution in [0, 0.1) is 5.92 Å². The average molecular weight is 508 g/mol. The Morgan fingerprint density at radius 2 is 1.79 bits per heavy atom. The van der Waals surface area contributed by atoms with Gasteiger partial charge in [-0.2, -0.15) is 0 Å². The van der Waals surface area contributed by atoms with E-state index in [-0.39, 0.29) is 34.3 Å². The number of rotatable bonds is 8. The lowest BCUT2D eigenvalue weighted by atomic mass is 9.97. The fourth-order valence-electron chi connectivity index (χ4n) is 3.60. The van der Waals surface area contributed by atoms with Gasteiger partial charge in [0, 0.05) is 47.2 Å². The molecule has 1 unspecified atom stereocenters. The predicted molar refractivity (Wildman–Crippen MR) is 138 cm³/mol. The van der Waals surface area contributed by atoms with Crippen molar-refractivity contribution in [1.29, 1.82) is 0 Å². The SMILES string of the molecule is C=CC(=O)N1CCN(C(=O)C2=CC(S/C(=C/C)SC(=C)NC(=O)C3CC3)[C@@H](Cl)C=C2C)CC1. The molecule has 178 valence electrons. The number of nitrogens with zero attached hydrogens (tertiary/aromatic N) is 2. The molecule has 3 rings (SSSR count). The topological polar surface area (TPSA) is 69.7 Å². The van der Waals surface area contributed by atoms with Crippen molar-refractivity contribution in [3.63, 3.8) is 0 Å². The standard InChI is InChI=1S/C24H30ClN3O3S2/c1-5-21(29)27-9-11-28(12-10-27)24(31)18-14-20(19(25)13-15(18)3)33-22(6-2)32-16(4)26-23(30)17-7-8-17/h5-6,13-14,17,19-20H,1,4,7-12H2,2-3H3,(H,26,30)/b22-6+/t19-,20?/m0/s1. The zero-order chi connectivity index (χ0) is 24.1. The molecular formula is C24H30ClN3O3S2. The first-order valence-corrected chi connectivity index (χ1v) is 13.1. The van der Waals surface area contributed by atoms with Crippen LogP contribution in [-0.2, 0) is 14.4 Å². The summed E-state index contributed by atoms with van der Waals surface area (Å²) in [6.45, 7) is 13.3. The molecule has 9 heteroatoms. The molecule has 1 N–H and O–H groups in total. The number of hydrogen-bond acceptors (Lipinski definition) is 5. The summed E-state index contributed by atoms with van der Waals surface area (Å²) in [7, 11) is 0. The van der Waals surface area contributed by atoms with Gasteiger partial charge < -0.3 is 15.1 Å². The zero-order valence-electron chi connectivity index (χ0n) is 19.0. The van der Waals surface area contributed by atoms with E-state index in [2.05, 4.69) is 18.5 Å². The minimum atomic E-state index is -0.265. The Morgan fingerprint density at radius 1 is 1.15 bits per heavy atom. The lowest BCUT2D eigenvalue weighted by Gasteiger charge is -2.35. The highest BCUT2D eigenvalue weighted by atomic mass is 35.5. The van der Waals surface area contributed by atoms with E-state index in [0.29, 0.717) is 36.8 Å². The Kier molecular flexibility index (Phi) is 8.95. The predicted octanol–water partition coefficient (Wildman–Crippen LogP) is 4.03. The van der Waals surface area contributed by atoms with E-state index < -0.39 is 0 Å². The number of carbonyl (C=O) groups excluding carboxylic acids is 3. The van der Waals surface area contributed by atoms with Gasteiger partial charge in [0.2, 0.25) is 11.8 Å². The molecule has 2 fully saturated rings. The summed E-state index contributed by atoms with van der Waals surface area (Å²) < 4.78 is 0.958. The summed E-state index contributed by atoms with van der Waals surface area (Å²) >= 11 is 9.59. The quantitative estimate of drug-likeness (QED) is 0.397. The molecule has 2 aliphatic carbocycles. The van der Waals surface area contributed by atoms with Crippen LogP contribution < -0.4 is 5.32 Å². The summed E-state index contributed by atoms with van der Waals surface area (Å²) in [6.07, 6.45) is 9.02. The Balaban J connectivity index is 1.62. The first-order valence-electron chi connectivity index (χ1n) is 11.0. The minimum absolute atomic E-state index is 0.0297. The van der Waals surface area contributed by atoms with Crippen LogP contribution in [-0.4, -0.2) is 64.3 Å². The third-order valence-electron chi connectivity index (χ3n) is 5.68. The van der Waals surface area contributed by atoms with Crippen LogP contribution in [0.3, 0.4) is 0 Å². The van der Waals surface area contributed by atoms with Crippen molar-refractivity contribution in [3.05, 3.63) is 57.9 Å². The lowest BCUT2D eigenvalue weighted by molar-refractivity contribution is -0.134. The van der Waals surface area contributed by atoms with E-state index in [9.17, 15) is 14.4 Å². The van der Waals surface area contributed by atoms with Crippen molar-refractivity contribution in [1.82, 2.24) is 15.1 Å². The van der Waals surface area contributed by atoms with E-state index >= 15 is 0 Å². The van der Waals surface area contributed by atoms with E-state index in [1.807, 2.05) is 32.1 Å². The highest BCUT2D eigenvalue weighted by molar-refractivity contribution is 8.24. The molecule has 0 radical (unpaired) electrons. The Morgan fingerprint density at radius 3 is 2.36 bits per heavy atom. The Labute approximate surface area is 209 Å². The molecule has 0 spiro atoms. The van der Waals surface area contributed by atoms with Crippen molar-refractivity contribution < 1.29 is 14.4 Å². The smallest absolute Gasteiger partial charge is 0.253 e. The first kappa shape index (κ1) is 25.7. The van der Waals surface area contributed by atoms with Gasteiger partial charge >= 0.3 is 0 Å². The van der Waals surface area contributed by atoms with E-state index in [0.717, 1.165) is 22.7 Å². The highest BCUT2D eigenvalue weighted by Gasteiger charge is 2.32. The molecule has 0 bridgehead atoms. The number of halogens is 1. The van der Waals surface area contributed by atoms with E-state index in [4.69, 9.17) is 11.6 Å². The fraction of sp³-hybridized carbons (Fsp3) is 0.458. The average Bonchev–Trinajstić information content (AvgIpc) is 3.65. The molecule has 3 aliphatic rings. The molecule has 1 aliphatic heterocycles. The van der Waals surface area contributed by atoms with Crippen molar-refractivity contribution in [3.8, 4) is 0 Å². The second-order valence-corrected chi connectivity index (χ2v) is 11.3. The third kappa shape index (κ3) is 6.80. The first-order chi connectivity index (χ1) is 15.7. The highest BCUT2D eigenvalue weighted by Crippen LogP contribution is 2.41. The van der Waals surface area contributed by atoms with Gasteiger partial charge in [-0.3, -0.25) is 14.4 Å². The number of piperazine rings is 1. The van der Waals surface area contributed by atoms with Crippen LogP contribution in [0.15, 0.2) is 57.9 Å². The number of thioether (sulfide) groups is 2. The minimum Gasteiger partial charge on any atom is -0.336 e. The summed E-state index contributed by atoms with van der Waals surface area (Å²) in [5.74, 6) is 0.000245. The summed E-state index contributed by atoms with van der Waals surface area (Å²) in [4.78, 5) is 40.5. The summed E-state index contributed by atoms with van der Waals surface area (Å²) in [5, 5.41) is 3.06. The van der Waals surface area contributed by atoms with Crippen LogP contribution in [0.2, 0.25) is 0 Å². The van der Waals surface area contributed by atoms with Crippen molar-refractivity contribution in [2.75, 3.05) is 26.2 Å². The maximum absolute atomic E-state index is 13.2. The van der Waals surface area contributed by atoms with Gasteiger partial charge in [0.15, 0.2) is 0 Å². The van der Waals surface area contributed by atoms with Gasteiger partial charge in [0.25, 0.3) is 5.91 Å². The molecule has 0 aromatic heterocycles. The number of nitrogens with one attached hydrogen (secondary N) is 1. The van der Waals surface area contributed by atoms with Crippen LogP contribution in [0.1, 0.15) is 26.7 Å². The van der Waals surface area contributed by atoms with Gasteiger partial charge in [-0.15, -0.1) is 23.4 Å². The normalized spacial score (nSPS) is 23.4. The van der Waals surface area contributed by atoms with Gasteiger partial charge in [0.1, 0.15) is 0 Å². The van der Waals surface area contributed by atoms with Crippen molar-refractivity contribution in [2.24, 2.45) is 5.92 Å². The molecule has 2 atom stereocenters. The third-order valence-corrected chi connectivity index (χ3v) is 8.73. The van der Waals surface area contributed by atoms with Crippen LogP contribution in [0.25, 0.3) is 0 Å².